The topological polar surface area (TPSA) is 74.6 Å². The molecule has 0 fully saturated rings. The molecule has 162 valence electrons. The van der Waals surface area contributed by atoms with Gasteiger partial charge in [0.1, 0.15) is 5.82 Å². The molecular weight excluding hydrogens is 388 g/mol. The van der Waals surface area contributed by atoms with Gasteiger partial charge >= 0.3 is 0 Å². The smallest absolute Gasteiger partial charge is 0.253 e. The van der Waals surface area contributed by atoms with Gasteiger partial charge in [-0.15, -0.1) is 0 Å². The monoisotopic (exact) mass is 419 g/mol. The van der Waals surface area contributed by atoms with Crippen LogP contribution in [-0.4, -0.2) is 55.0 Å². The molecule has 2 aromatic carbocycles. The number of aromatic nitrogens is 2. The zero-order valence-electron chi connectivity index (χ0n) is 18.6. The summed E-state index contributed by atoms with van der Waals surface area (Å²) in [6, 6.07) is 17.3. The van der Waals surface area contributed by atoms with Crippen LogP contribution in [0.5, 0.6) is 0 Å². The van der Waals surface area contributed by atoms with Gasteiger partial charge in [-0.05, 0) is 48.9 Å². The molecule has 0 atom stereocenters. The molecule has 1 heterocycles. The van der Waals surface area contributed by atoms with Crippen LogP contribution in [0.2, 0.25) is 0 Å². The predicted molar refractivity (Wildman–Crippen MR) is 125 cm³/mol. The SMILES string of the molecule is Cc1cccc(Nc2nccc(Nc3cccc(C(=O)N(C)CCC[NH+](C)C)c3)n2)c1. The molecular formula is C24H31N6O+. The second-order valence-corrected chi connectivity index (χ2v) is 8.00. The Hall–Kier alpha value is -3.45. The van der Waals surface area contributed by atoms with Gasteiger partial charge in [-0.25, -0.2) is 4.98 Å². The van der Waals surface area contributed by atoms with Gasteiger partial charge in [0.2, 0.25) is 5.95 Å². The van der Waals surface area contributed by atoms with Gasteiger partial charge in [0.25, 0.3) is 5.91 Å². The van der Waals surface area contributed by atoms with Gasteiger partial charge in [-0.3, -0.25) is 4.79 Å². The maximum Gasteiger partial charge on any atom is 0.253 e. The molecule has 0 aliphatic heterocycles. The first-order valence-electron chi connectivity index (χ1n) is 10.5. The van der Waals surface area contributed by atoms with Crippen molar-refractivity contribution in [1.82, 2.24) is 14.9 Å². The molecule has 1 aromatic heterocycles. The fourth-order valence-electron chi connectivity index (χ4n) is 3.21. The Morgan fingerprint density at radius 2 is 1.77 bits per heavy atom. The highest BCUT2D eigenvalue weighted by Gasteiger charge is 2.12. The van der Waals surface area contributed by atoms with Crippen molar-refractivity contribution >= 4 is 29.0 Å². The van der Waals surface area contributed by atoms with E-state index < -0.39 is 0 Å². The zero-order chi connectivity index (χ0) is 22.2. The van der Waals surface area contributed by atoms with Crippen molar-refractivity contribution in [2.75, 3.05) is 44.9 Å². The normalized spacial score (nSPS) is 10.7. The molecule has 0 aliphatic carbocycles. The number of rotatable bonds is 9. The van der Waals surface area contributed by atoms with Crippen molar-refractivity contribution in [1.29, 1.82) is 0 Å². The number of quaternary nitrogens is 1. The van der Waals surface area contributed by atoms with Crippen LogP contribution < -0.4 is 15.5 Å². The fraction of sp³-hybridized carbons (Fsp3) is 0.292. The molecule has 31 heavy (non-hydrogen) atoms. The van der Waals surface area contributed by atoms with E-state index in [1.54, 1.807) is 17.2 Å². The van der Waals surface area contributed by atoms with Crippen LogP contribution >= 0.6 is 0 Å². The minimum Gasteiger partial charge on any atom is -0.341 e. The summed E-state index contributed by atoms with van der Waals surface area (Å²) in [5, 5.41) is 6.49. The van der Waals surface area contributed by atoms with E-state index in [-0.39, 0.29) is 5.91 Å². The molecule has 1 amide bonds. The summed E-state index contributed by atoms with van der Waals surface area (Å²) in [5.41, 5.74) is 3.55. The molecule has 0 spiro atoms. The van der Waals surface area contributed by atoms with E-state index in [1.807, 2.05) is 62.5 Å². The lowest BCUT2D eigenvalue weighted by molar-refractivity contribution is -0.858. The minimum absolute atomic E-state index is 0.0156. The molecule has 7 nitrogen and oxygen atoms in total. The molecule has 7 heteroatoms. The largest absolute Gasteiger partial charge is 0.341 e. The number of amides is 1. The van der Waals surface area contributed by atoms with Crippen LogP contribution in [0, 0.1) is 6.92 Å². The highest BCUT2D eigenvalue weighted by Crippen LogP contribution is 2.19. The number of hydrogen-bond acceptors (Lipinski definition) is 5. The molecule has 3 N–H and O–H groups in total. The maximum absolute atomic E-state index is 12.8. The Bertz CT molecular complexity index is 1020. The van der Waals surface area contributed by atoms with Crippen molar-refractivity contribution in [2.24, 2.45) is 0 Å². The van der Waals surface area contributed by atoms with Gasteiger partial charge in [-0.1, -0.05) is 18.2 Å². The van der Waals surface area contributed by atoms with Crippen molar-refractivity contribution in [3.05, 3.63) is 71.9 Å². The second kappa shape index (κ2) is 10.5. The number of nitrogens with zero attached hydrogens (tertiary/aromatic N) is 3. The molecule has 0 unspecified atom stereocenters. The fourth-order valence-corrected chi connectivity index (χ4v) is 3.21. The molecule has 3 aromatic rings. The van der Waals surface area contributed by atoms with Gasteiger partial charge < -0.3 is 20.4 Å². The summed E-state index contributed by atoms with van der Waals surface area (Å²) in [6.07, 6.45) is 2.67. The van der Waals surface area contributed by atoms with Crippen molar-refractivity contribution < 1.29 is 9.69 Å². The third-order valence-corrected chi connectivity index (χ3v) is 4.83. The third kappa shape index (κ3) is 6.79. The molecule has 0 aliphatic rings. The summed E-state index contributed by atoms with van der Waals surface area (Å²) in [7, 11) is 6.08. The summed E-state index contributed by atoms with van der Waals surface area (Å²) in [6.45, 7) is 3.81. The lowest BCUT2D eigenvalue weighted by Gasteiger charge is -2.18. The Kier molecular flexibility index (Phi) is 7.56. The molecule has 3 rings (SSSR count). The van der Waals surface area contributed by atoms with Crippen molar-refractivity contribution in [3.8, 4) is 0 Å². The predicted octanol–water partition coefficient (Wildman–Crippen LogP) is 2.88. The van der Waals surface area contributed by atoms with E-state index in [1.165, 1.54) is 4.90 Å². The van der Waals surface area contributed by atoms with Gasteiger partial charge in [-0.2, -0.15) is 4.98 Å². The Morgan fingerprint density at radius 1 is 1.03 bits per heavy atom. The number of nitrogens with one attached hydrogen (secondary N) is 3. The second-order valence-electron chi connectivity index (χ2n) is 8.00. The summed E-state index contributed by atoms with van der Waals surface area (Å²) >= 11 is 0. The van der Waals surface area contributed by atoms with Crippen LogP contribution in [0.3, 0.4) is 0 Å². The van der Waals surface area contributed by atoms with Crippen LogP contribution in [0.1, 0.15) is 22.3 Å². The third-order valence-electron chi connectivity index (χ3n) is 4.83. The van der Waals surface area contributed by atoms with E-state index in [2.05, 4.69) is 34.7 Å². The average molecular weight is 420 g/mol. The van der Waals surface area contributed by atoms with Gasteiger partial charge in [0.15, 0.2) is 0 Å². The maximum atomic E-state index is 12.8. The van der Waals surface area contributed by atoms with E-state index in [9.17, 15) is 4.79 Å². The van der Waals surface area contributed by atoms with Gasteiger partial charge in [0, 0.05) is 43.1 Å². The lowest BCUT2D eigenvalue weighted by atomic mass is 10.1. The summed E-state index contributed by atoms with van der Waals surface area (Å²) < 4.78 is 0. The minimum atomic E-state index is 0.0156. The first-order valence-corrected chi connectivity index (χ1v) is 10.5. The van der Waals surface area contributed by atoms with Crippen molar-refractivity contribution in [2.45, 2.75) is 13.3 Å². The van der Waals surface area contributed by atoms with Crippen LogP contribution in [-0.2, 0) is 0 Å². The Balaban J connectivity index is 1.66. The number of carbonyl (C=O) groups excluding carboxylic acids is 1. The van der Waals surface area contributed by atoms with Crippen LogP contribution in [0.4, 0.5) is 23.1 Å². The molecule has 0 bridgehead atoms. The zero-order valence-corrected chi connectivity index (χ0v) is 18.6. The summed E-state index contributed by atoms with van der Waals surface area (Å²) in [5.74, 6) is 1.17. The van der Waals surface area contributed by atoms with Crippen LogP contribution in [0.25, 0.3) is 0 Å². The van der Waals surface area contributed by atoms with E-state index >= 15 is 0 Å². The Labute approximate surface area is 184 Å². The molecule has 0 radical (unpaired) electrons. The first-order chi connectivity index (χ1) is 14.9. The number of anilines is 4. The summed E-state index contributed by atoms with van der Waals surface area (Å²) in [4.78, 5) is 24.7. The Morgan fingerprint density at radius 3 is 2.52 bits per heavy atom. The number of benzene rings is 2. The van der Waals surface area contributed by atoms with E-state index in [4.69, 9.17) is 0 Å². The van der Waals surface area contributed by atoms with E-state index in [0.717, 1.165) is 36.4 Å². The molecule has 0 saturated carbocycles. The number of aryl methyl sites for hydroxylation is 1. The molecule has 0 saturated heterocycles. The number of hydrogen-bond donors (Lipinski definition) is 3. The van der Waals surface area contributed by atoms with Crippen LogP contribution in [0.15, 0.2) is 60.8 Å². The first kappa shape index (κ1) is 22.2. The van der Waals surface area contributed by atoms with Gasteiger partial charge in [0.05, 0.1) is 20.6 Å². The van der Waals surface area contributed by atoms with Crippen molar-refractivity contribution in [3.63, 3.8) is 0 Å². The quantitative estimate of drug-likeness (QED) is 0.497. The highest BCUT2D eigenvalue weighted by molar-refractivity contribution is 5.95. The van der Waals surface area contributed by atoms with E-state index in [0.29, 0.717) is 17.3 Å². The average Bonchev–Trinajstić information content (AvgIpc) is 2.73. The standard InChI is InChI=1S/C24H30N6O/c1-18-8-5-10-20(16-18)27-24-25-13-12-22(28-24)26-21-11-6-9-19(17-21)23(31)30(4)15-7-14-29(2)3/h5-6,8-13,16-17H,7,14-15H2,1-4H3,(H2,25,26,27,28)/p+1. The lowest BCUT2D eigenvalue weighted by Crippen LogP contribution is -3.05. The number of carbonyl (C=O) groups is 1. The highest BCUT2D eigenvalue weighted by atomic mass is 16.2.